The number of rotatable bonds is 7. The van der Waals surface area contributed by atoms with Crippen LogP contribution in [0.15, 0.2) is 30.9 Å². The van der Waals surface area contributed by atoms with Gasteiger partial charge in [-0.15, -0.1) is 0 Å². The molecule has 0 aliphatic carbocycles. The van der Waals surface area contributed by atoms with E-state index in [-0.39, 0.29) is 0 Å². The highest BCUT2D eigenvalue weighted by molar-refractivity contribution is 5.57. The molecule has 0 radical (unpaired) electrons. The Morgan fingerprint density at radius 2 is 1.70 bits per heavy atom. The molecular weight excluding hydrogens is 250 g/mol. The Labute approximate surface area is 119 Å². The van der Waals surface area contributed by atoms with Crippen molar-refractivity contribution < 1.29 is 0 Å². The smallest absolute Gasteiger partial charge is 0.134 e. The minimum Gasteiger partial charge on any atom is -0.370 e. The highest BCUT2D eigenvalue weighted by Gasteiger charge is 2.08. The highest BCUT2D eigenvalue weighted by Crippen LogP contribution is 2.20. The van der Waals surface area contributed by atoms with Gasteiger partial charge in [-0.25, -0.2) is 9.97 Å². The van der Waals surface area contributed by atoms with Crippen LogP contribution in [0.4, 0.5) is 11.6 Å². The lowest BCUT2D eigenvalue weighted by atomic mass is 10.2. The maximum Gasteiger partial charge on any atom is 0.134 e. The molecule has 2 aromatic heterocycles. The molecule has 2 rings (SSSR count). The third-order valence-corrected chi connectivity index (χ3v) is 3.10. The molecule has 0 spiro atoms. The summed E-state index contributed by atoms with van der Waals surface area (Å²) in [7, 11) is 0. The molecule has 0 atom stereocenters. The van der Waals surface area contributed by atoms with Gasteiger partial charge in [0.1, 0.15) is 18.0 Å². The van der Waals surface area contributed by atoms with Crippen molar-refractivity contribution in [1.82, 2.24) is 15.0 Å². The third-order valence-electron chi connectivity index (χ3n) is 3.10. The van der Waals surface area contributed by atoms with E-state index in [0.29, 0.717) is 0 Å². The molecule has 0 amide bonds. The van der Waals surface area contributed by atoms with Crippen LogP contribution in [0, 0.1) is 0 Å². The summed E-state index contributed by atoms with van der Waals surface area (Å²) in [6.07, 6.45) is 7.10. The van der Waals surface area contributed by atoms with Crippen LogP contribution < -0.4 is 10.6 Å². The molecule has 0 aliphatic rings. The molecule has 0 saturated carbocycles. The first-order valence-corrected chi connectivity index (χ1v) is 7.05. The monoisotopic (exact) mass is 271 g/mol. The van der Waals surface area contributed by atoms with Crippen molar-refractivity contribution in [1.29, 1.82) is 0 Å². The van der Waals surface area contributed by atoms with Gasteiger partial charge in [0.25, 0.3) is 0 Å². The van der Waals surface area contributed by atoms with Crippen molar-refractivity contribution in [3.05, 3.63) is 42.0 Å². The molecule has 2 N–H and O–H groups in total. The van der Waals surface area contributed by atoms with Gasteiger partial charge in [0.2, 0.25) is 0 Å². The number of hydrogen-bond donors (Lipinski definition) is 2. The van der Waals surface area contributed by atoms with Crippen molar-refractivity contribution in [3.63, 3.8) is 0 Å². The summed E-state index contributed by atoms with van der Waals surface area (Å²) in [4.78, 5) is 12.7. The van der Waals surface area contributed by atoms with E-state index in [9.17, 15) is 0 Å². The molecule has 5 nitrogen and oxygen atoms in total. The van der Waals surface area contributed by atoms with Gasteiger partial charge in [0, 0.05) is 31.0 Å². The summed E-state index contributed by atoms with van der Waals surface area (Å²) in [5, 5.41) is 6.68. The van der Waals surface area contributed by atoms with Gasteiger partial charge in [0.05, 0.1) is 0 Å². The lowest BCUT2D eigenvalue weighted by Gasteiger charge is -2.13. The van der Waals surface area contributed by atoms with Crippen LogP contribution >= 0.6 is 0 Å². The maximum atomic E-state index is 4.35. The maximum absolute atomic E-state index is 4.35. The molecule has 106 valence electrons. The number of nitrogens with zero attached hydrogens (tertiary/aromatic N) is 3. The molecule has 0 aromatic carbocycles. The average molecular weight is 271 g/mol. The minimum atomic E-state index is 0.847. The summed E-state index contributed by atoms with van der Waals surface area (Å²) >= 11 is 0. The topological polar surface area (TPSA) is 62.7 Å². The fourth-order valence-electron chi connectivity index (χ4n) is 2.09. The van der Waals surface area contributed by atoms with Gasteiger partial charge >= 0.3 is 0 Å². The van der Waals surface area contributed by atoms with Crippen LogP contribution in [0.1, 0.15) is 25.0 Å². The summed E-state index contributed by atoms with van der Waals surface area (Å²) < 4.78 is 0. The van der Waals surface area contributed by atoms with Crippen molar-refractivity contribution in [2.45, 2.75) is 26.7 Å². The first kappa shape index (κ1) is 14.2. The Morgan fingerprint density at radius 1 is 1.00 bits per heavy atom. The van der Waals surface area contributed by atoms with Crippen molar-refractivity contribution in [3.8, 4) is 0 Å². The van der Waals surface area contributed by atoms with Crippen molar-refractivity contribution in [2.75, 3.05) is 23.7 Å². The van der Waals surface area contributed by atoms with Crippen LogP contribution in [0.2, 0.25) is 0 Å². The molecule has 0 saturated heterocycles. The minimum absolute atomic E-state index is 0.847. The SMILES string of the molecule is CCNc1ncnc(NCCc2ccncc2)c1CC. The van der Waals surface area contributed by atoms with Gasteiger partial charge in [-0.05, 0) is 37.5 Å². The summed E-state index contributed by atoms with van der Waals surface area (Å²) in [6, 6.07) is 4.07. The van der Waals surface area contributed by atoms with E-state index in [4.69, 9.17) is 0 Å². The second-order valence-corrected chi connectivity index (χ2v) is 4.47. The first-order chi connectivity index (χ1) is 9.85. The average Bonchev–Trinajstić information content (AvgIpc) is 2.49. The number of pyridine rings is 1. The molecule has 0 bridgehead atoms. The largest absolute Gasteiger partial charge is 0.370 e. The van der Waals surface area contributed by atoms with Gasteiger partial charge in [0.15, 0.2) is 0 Å². The Kier molecular flexibility index (Phi) is 5.29. The van der Waals surface area contributed by atoms with E-state index in [0.717, 1.165) is 43.1 Å². The molecule has 20 heavy (non-hydrogen) atoms. The fraction of sp³-hybridized carbons (Fsp3) is 0.400. The number of anilines is 2. The van der Waals surface area contributed by atoms with Crippen molar-refractivity contribution in [2.24, 2.45) is 0 Å². The number of nitrogens with one attached hydrogen (secondary N) is 2. The summed E-state index contributed by atoms with van der Waals surface area (Å²) in [5.41, 5.74) is 2.41. The zero-order valence-corrected chi connectivity index (χ0v) is 12.1. The second kappa shape index (κ2) is 7.43. The van der Waals surface area contributed by atoms with Crippen LogP contribution in [-0.4, -0.2) is 28.0 Å². The van der Waals surface area contributed by atoms with E-state index in [1.54, 1.807) is 6.33 Å². The Morgan fingerprint density at radius 3 is 2.35 bits per heavy atom. The van der Waals surface area contributed by atoms with E-state index >= 15 is 0 Å². The second-order valence-electron chi connectivity index (χ2n) is 4.47. The lowest BCUT2D eigenvalue weighted by Crippen LogP contribution is -2.11. The molecular formula is C15H21N5. The molecule has 5 heteroatoms. The Hall–Kier alpha value is -2.17. The molecule has 2 heterocycles. The van der Waals surface area contributed by atoms with Crippen LogP contribution in [0.25, 0.3) is 0 Å². The molecule has 0 unspecified atom stereocenters. The molecule has 0 fully saturated rings. The van der Waals surface area contributed by atoms with E-state index in [2.05, 4.69) is 39.4 Å². The number of aromatic nitrogens is 3. The molecule has 0 aliphatic heterocycles. The number of hydrogen-bond acceptors (Lipinski definition) is 5. The molecule has 2 aromatic rings. The van der Waals surface area contributed by atoms with Gasteiger partial charge in [-0.2, -0.15) is 0 Å². The zero-order valence-electron chi connectivity index (χ0n) is 12.1. The lowest BCUT2D eigenvalue weighted by molar-refractivity contribution is 0.966. The van der Waals surface area contributed by atoms with Crippen LogP contribution in [0.5, 0.6) is 0 Å². The van der Waals surface area contributed by atoms with Crippen molar-refractivity contribution >= 4 is 11.6 Å². The van der Waals surface area contributed by atoms with Crippen LogP contribution in [-0.2, 0) is 12.8 Å². The van der Waals surface area contributed by atoms with Gasteiger partial charge in [-0.1, -0.05) is 6.92 Å². The predicted octanol–water partition coefficient (Wildman–Crippen LogP) is 2.52. The normalized spacial score (nSPS) is 10.3. The summed E-state index contributed by atoms with van der Waals surface area (Å²) in [6.45, 7) is 5.89. The summed E-state index contributed by atoms with van der Waals surface area (Å²) in [5.74, 6) is 1.85. The van der Waals surface area contributed by atoms with Crippen LogP contribution in [0.3, 0.4) is 0 Å². The standard InChI is InChI=1S/C15H21N5/c1-3-13-14(17-4-2)19-11-20-15(13)18-10-7-12-5-8-16-9-6-12/h5-6,8-9,11H,3-4,7,10H2,1-2H3,(H2,17,18,19,20). The van der Waals surface area contributed by atoms with E-state index < -0.39 is 0 Å². The fourth-order valence-corrected chi connectivity index (χ4v) is 2.09. The Bertz CT molecular complexity index is 527. The quantitative estimate of drug-likeness (QED) is 0.810. The first-order valence-electron chi connectivity index (χ1n) is 7.05. The Balaban J connectivity index is 2.00. The predicted molar refractivity (Wildman–Crippen MR) is 82.0 cm³/mol. The zero-order chi connectivity index (χ0) is 14.2. The van der Waals surface area contributed by atoms with E-state index in [1.165, 1.54) is 5.56 Å². The van der Waals surface area contributed by atoms with Gasteiger partial charge in [-0.3, -0.25) is 4.98 Å². The van der Waals surface area contributed by atoms with Gasteiger partial charge < -0.3 is 10.6 Å². The van der Waals surface area contributed by atoms with E-state index in [1.807, 2.05) is 24.5 Å². The highest BCUT2D eigenvalue weighted by atomic mass is 15.1. The third kappa shape index (κ3) is 3.66.